The minimum Gasteiger partial charge on any atom is -0.383 e. The lowest BCUT2D eigenvalue weighted by Gasteiger charge is -2.24. The lowest BCUT2D eigenvalue weighted by Crippen LogP contribution is -2.44. The fourth-order valence-corrected chi connectivity index (χ4v) is 4.26. The van der Waals surface area contributed by atoms with E-state index in [1.165, 1.54) is 34.9 Å². The van der Waals surface area contributed by atoms with Crippen molar-refractivity contribution in [3.8, 4) is 0 Å². The Kier molecular flexibility index (Phi) is 4.66. The van der Waals surface area contributed by atoms with Gasteiger partial charge in [-0.1, -0.05) is 25.0 Å². The van der Waals surface area contributed by atoms with Crippen molar-refractivity contribution in [1.29, 1.82) is 0 Å². The largest absolute Gasteiger partial charge is 0.383 e. The number of benzene rings is 1. The maximum Gasteiger partial charge on any atom is 0.317 e. The van der Waals surface area contributed by atoms with Crippen molar-refractivity contribution >= 4 is 16.9 Å². The molecule has 0 bridgehead atoms. The van der Waals surface area contributed by atoms with Gasteiger partial charge in [0.1, 0.15) is 0 Å². The average molecular weight is 341 g/mol. The molecule has 1 aromatic carbocycles. The third-order valence-corrected chi connectivity index (χ3v) is 5.59. The zero-order valence-corrected chi connectivity index (χ0v) is 15.0. The molecule has 2 heterocycles. The molecule has 1 aliphatic heterocycles. The van der Waals surface area contributed by atoms with Crippen LogP contribution in [-0.4, -0.2) is 41.8 Å². The van der Waals surface area contributed by atoms with Gasteiger partial charge < -0.3 is 19.5 Å². The number of ether oxygens (including phenoxy) is 1. The fraction of sp³-hybridized carbons (Fsp3) is 0.550. The van der Waals surface area contributed by atoms with Crippen molar-refractivity contribution < 1.29 is 9.53 Å². The molecule has 5 nitrogen and oxygen atoms in total. The number of urea groups is 1. The van der Waals surface area contributed by atoms with Crippen LogP contribution in [0.3, 0.4) is 0 Å². The Hall–Kier alpha value is -2.01. The summed E-state index contributed by atoms with van der Waals surface area (Å²) in [7, 11) is 1.74. The lowest BCUT2D eigenvalue weighted by atomic mass is 10.1. The summed E-state index contributed by atoms with van der Waals surface area (Å²) >= 11 is 0. The minimum absolute atomic E-state index is 0.0984. The molecule has 0 saturated heterocycles. The molecule has 2 aliphatic rings. The van der Waals surface area contributed by atoms with Gasteiger partial charge in [-0.05, 0) is 36.5 Å². The number of hydrogen-bond donors (Lipinski definition) is 1. The van der Waals surface area contributed by atoms with Crippen LogP contribution in [0, 0.1) is 0 Å². The predicted molar refractivity (Wildman–Crippen MR) is 98.7 cm³/mol. The first kappa shape index (κ1) is 16.5. The van der Waals surface area contributed by atoms with Gasteiger partial charge in [-0.25, -0.2) is 4.79 Å². The number of aromatic nitrogens is 1. The van der Waals surface area contributed by atoms with Gasteiger partial charge in [0.05, 0.1) is 6.61 Å². The quantitative estimate of drug-likeness (QED) is 0.927. The van der Waals surface area contributed by atoms with Gasteiger partial charge in [0.2, 0.25) is 0 Å². The summed E-state index contributed by atoms with van der Waals surface area (Å²) in [6, 6.07) is 6.90. The molecule has 4 rings (SSSR count). The Morgan fingerprint density at radius 1 is 1.28 bits per heavy atom. The van der Waals surface area contributed by atoms with Crippen molar-refractivity contribution in [3.63, 3.8) is 0 Å². The fourth-order valence-electron chi connectivity index (χ4n) is 4.26. The van der Waals surface area contributed by atoms with Crippen LogP contribution in [0.25, 0.3) is 10.9 Å². The summed E-state index contributed by atoms with van der Waals surface area (Å²) in [6.45, 7) is 3.04. The van der Waals surface area contributed by atoms with Crippen LogP contribution in [0.5, 0.6) is 0 Å². The molecule has 0 unspecified atom stereocenters. The van der Waals surface area contributed by atoms with Gasteiger partial charge in [0.15, 0.2) is 0 Å². The van der Waals surface area contributed by atoms with E-state index in [9.17, 15) is 4.79 Å². The highest BCUT2D eigenvalue weighted by Gasteiger charge is 2.24. The molecular formula is C20H27N3O2. The second kappa shape index (κ2) is 7.08. The van der Waals surface area contributed by atoms with Crippen molar-refractivity contribution in [2.45, 2.75) is 51.2 Å². The molecule has 134 valence electrons. The Bertz CT molecular complexity index is 762. The van der Waals surface area contributed by atoms with E-state index >= 15 is 0 Å². The Morgan fingerprint density at radius 2 is 2.12 bits per heavy atom. The van der Waals surface area contributed by atoms with Gasteiger partial charge in [0.25, 0.3) is 0 Å². The smallest absolute Gasteiger partial charge is 0.317 e. The van der Waals surface area contributed by atoms with Crippen LogP contribution >= 0.6 is 0 Å². The van der Waals surface area contributed by atoms with Gasteiger partial charge in [0, 0.05) is 49.9 Å². The SMILES string of the molecule is COCCn1cc2c3c(cccc31)CN(C(=O)NC1CCCC1)CC2. The number of methoxy groups -OCH3 is 1. The van der Waals surface area contributed by atoms with Crippen LogP contribution in [-0.2, 0) is 24.2 Å². The van der Waals surface area contributed by atoms with Crippen LogP contribution in [0.2, 0.25) is 0 Å². The van der Waals surface area contributed by atoms with Gasteiger partial charge in [-0.2, -0.15) is 0 Å². The van der Waals surface area contributed by atoms with Crippen LogP contribution in [0.4, 0.5) is 4.79 Å². The Balaban J connectivity index is 1.56. The van der Waals surface area contributed by atoms with E-state index in [-0.39, 0.29) is 6.03 Å². The minimum atomic E-state index is 0.0984. The first-order valence-electron chi connectivity index (χ1n) is 9.40. The molecule has 25 heavy (non-hydrogen) atoms. The number of rotatable bonds is 4. The van der Waals surface area contributed by atoms with E-state index in [1.807, 2.05) is 4.90 Å². The lowest BCUT2D eigenvalue weighted by molar-refractivity contribution is 0.188. The van der Waals surface area contributed by atoms with Gasteiger partial charge in [-0.3, -0.25) is 0 Å². The Labute approximate surface area is 148 Å². The van der Waals surface area contributed by atoms with Gasteiger partial charge >= 0.3 is 6.03 Å². The standard InChI is InChI=1S/C20H27N3O2/c1-25-12-11-22-13-16-9-10-23(20(24)21-17-6-2-3-7-17)14-15-5-4-8-18(22)19(15)16/h4-5,8,13,17H,2-3,6-7,9-12,14H2,1H3,(H,21,24). The molecular weight excluding hydrogens is 314 g/mol. The normalized spacial score (nSPS) is 17.9. The average Bonchev–Trinajstić information content (AvgIpc) is 3.20. The van der Waals surface area contributed by atoms with E-state index in [4.69, 9.17) is 4.74 Å². The number of nitrogens with one attached hydrogen (secondary N) is 1. The van der Waals surface area contributed by atoms with Gasteiger partial charge in [-0.15, -0.1) is 0 Å². The highest BCUT2D eigenvalue weighted by atomic mass is 16.5. The van der Waals surface area contributed by atoms with E-state index < -0.39 is 0 Å². The second-order valence-corrected chi connectivity index (χ2v) is 7.25. The molecule has 1 aliphatic carbocycles. The molecule has 2 amide bonds. The van der Waals surface area contributed by atoms with E-state index in [0.29, 0.717) is 19.2 Å². The first-order valence-corrected chi connectivity index (χ1v) is 9.40. The topological polar surface area (TPSA) is 46.5 Å². The number of hydrogen-bond acceptors (Lipinski definition) is 2. The molecule has 0 radical (unpaired) electrons. The number of carbonyl (C=O) groups is 1. The Morgan fingerprint density at radius 3 is 2.92 bits per heavy atom. The van der Waals surface area contributed by atoms with Crippen molar-refractivity contribution in [2.75, 3.05) is 20.3 Å². The number of nitrogens with zero attached hydrogens (tertiary/aromatic N) is 2. The highest BCUT2D eigenvalue weighted by molar-refractivity contribution is 5.88. The van der Waals surface area contributed by atoms with E-state index in [2.05, 4.69) is 34.3 Å². The van der Waals surface area contributed by atoms with Crippen molar-refractivity contribution in [3.05, 3.63) is 35.5 Å². The number of amides is 2. The summed E-state index contributed by atoms with van der Waals surface area (Å²) in [6.07, 6.45) is 7.87. The summed E-state index contributed by atoms with van der Waals surface area (Å²) < 4.78 is 7.52. The van der Waals surface area contributed by atoms with Crippen molar-refractivity contribution in [1.82, 2.24) is 14.8 Å². The number of carbonyl (C=O) groups excluding carboxylic acids is 1. The molecule has 0 atom stereocenters. The summed E-state index contributed by atoms with van der Waals surface area (Å²) in [5.41, 5.74) is 3.85. The van der Waals surface area contributed by atoms with E-state index in [0.717, 1.165) is 32.4 Å². The molecule has 1 saturated carbocycles. The maximum absolute atomic E-state index is 12.7. The van der Waals surface area contributed by atoms with E-state index in [1.54, 1.807) is 7.11 Å². The molecule has 1 fully saturated rings. The molecule has 1 N–H and O–H groups in total. The highest BCUT2D eigenvalue weighted by Crippen LogP contribution is 2.29. The summed E-state index contributed by atoms with van der Waals surface area (Å²) in [5.74, 6) is 0. The molecule has 5 heteroatoms. The second-order valence-electron chi connectivity index (χ2n) is 7.25. The van der Waals surface area contributed by atoms with Crippen LogP contribution in [0.1, 0.15) is 36.8 Å². The third kappa shape index (κ3) is 3.25. The maximum atomic E-state index is 12.7. The zero-order chi connectivity index (χ0) is 17.2. The summed E-state index contributed by atoms with van der Waals surface area (Å²) in [5, 5.41) is 4.56. The molecule has 0 spiro atoms. The predicted octanol–water partition coefficient (Wildman–Crippen LogP) is 3.30. The summed E-state index contributed by atoms with van der Waals surface area (Å²) in [4.78, 5) is 14.7. The monoisotopic (exact) mass is 341 g/mol. The molecule has 1 aromatic heterocycles. The molecule has 2 aromatic rings. The van der Waals surface area contributed by atoms with Crippen LogP contribution in [0.15, 0.2) is 24.4 Å². The third-order valence-electron chi connectivity index (χ3n) is 5.59. The first-order chi connectivity index (χ1) is 12.3. The zero-order valence-electron chi connectivity index (χ0n) is 15.0. The van der Waals surface area contributed by atoms with Crippen molar-refractivity contribution in [2.24, 2.45) is 0 Å². The van der Waals surface area contributed by atoms with Crippen LogP contribution < -0.4 is 5.32 Å².